The number of aromatic hydroxyl groups is 1. The smallest absolute Gasteiger partial charge is 0.300 e. The van der Waals surface area contributed by atoms with Gasteiger partial charge in [0.05, 0.1) is 24.3 Å². The Morgan fingerprint density at radius 3 is 2.26 bits per heavy atom. The lowest BCUT2D eigenvalue weighted by molar-refractivity contribution is -0.132. The molecule has 3 aromatic carbocycles. The van der Waals surface area contributed by atoms with Gasteiger partial charge in [0.2, 0.25) is 0 Å². The fourth-order valence-electron chi connectivity index (χ4n) is 4.25. The first-order valence-electron chi connectivity index (χ1n) is 10.3. The van der Waals surface area contributed by atoms with Gasteiger partial charge >= 0.3 is 0 Å². The van der Waals surface area contributed by atoms with Gasteiger partial charge in [-0.15, -0.1) is 0 Å². The van der Waals surface area contributed by atoms with Crippen LogP contribution in [0.25, 0.3) is 5.76 Å². The molecule has 1 fully saturated rings. The number of ether oxygens (including phenoxy) is 1. The number of phenols is 1. The first-order chi connectivity index (χ1) is 16.1. The number of aliphatic hydroxyl groups is 1. The van der Waals surface area contributed by atoms with E-state index in [0.29, 0.717) is 16.9 Å². The van der Waals surface area contributed by atoms with Gasteiger partial charge in [0, 0.05) is 11.8 Å². The zero-order valence-corrected chi connectivity index (χ0v) is 18.6. The van der Waals surface area contributed by atoms with Crippen LogP contribution in [0.15, 0.2) is 60.2 Å². The van der Waals surface area contributed by atoms with E-state index in [9.17, 15) is 28.6 Å². The van der Waals surface area contributed by atoms with Crippen molar-refractivity contribution in [3.8, 4) is 11.5 Å². The predicted molar refractivity (Wildman–Crippen MR) is 122 cm³/mol. The Morgan fingerprint density at radius 1 is 0.971 bits per heavy atom. The number of rotatable bonds is 4. The molecule has 1 heterocycles. The highest BCUT2D eigenvalue weighted by Crippen LogP contribution is 2.44. The molecule has 0 aliphatic carbocycles. The second kappa shape index (κ2) is 8.62. The summed E-state index contributed by atoms with van der Waals surface area (Å²) in [5.41, 5.74) is 1.77. The second-order valence-corrected chi connectivity index (χ2v) is 8.02. The first kappa shape index (κ1) is 23.0. The van der Waals surface area contributed by atoms with Crippen LogP contribution in [0, 0.1) is 25.5 Å². The number of hydrogen-bond acceptors (Lipinski definition) is 5. The van der Waals surface area contributed by atoms with Crippen LogP contribution >= 0.6 is 0 Å². The zero-order chi connectivity index (χ0) is 24.7. The average molecular weight is 465 g/mol. The van der Waals surface area contributed by atoms with E-state index in [0.717, 1.165) is 22.6 Å². The van der Waals surface area contributed by atoms with E-state index in [1.54, 1.807) is 19.9 Å². The van der Waals surface area contributed by atoms with Gasteiger partial charge in [0.15, 0.2) is 11.6 Å². The Bertz CT molecular complexity index is 1350. The molecule has 1 aliphatic rings. The monoisotopic (exact) mass is 465 g/mol. The summed E-state index contributed by atoms with van der Waals surface area (Å²) in [5.74, 6) is -4.52. The number of Topliss-reactive ketones (excluding diaryl/α,β-unsaturated/α-hetero) is 1. The van der Waals surface area contributed by atoms with Crippen LogP contribution in [0.2, 0.25) is 0 Å². The van der Waals surface area contributed by atoms with E-state index in [-0.39, 0.29) is 22.6 Å². The van der Waals surface area contributed by atoms with Crippen molar-refractivity contribution in [1.82, 2.24) is 0 Å². The van der Waals surface area contributed by atoms with Crippen LogP contribution in [-0.2, 0) is 9.59 Å². The minimum Gasteiger partial charge on any atom is -0.508 e. The molecular weight excluding hydrogens is 444 g/mol. The Labute approximate surface area is 194 Å². The molecule has 6 nitrogen and oxygen atoms in total. The van der Waals surface area contributed by atoms with Crippen molar-refractivity contribution in [1.29, 1.82) is 0 Å². The topological polar surface area (TPSA) is 87.1 Å². The van der Waals surface area contributed by atoms with Crippen LogP contribution in [0.3, 0.4) is 0 Å². The summed E-state index contributed by atoms with van der Waals surface area (Å²) >= 11 is 0. The van der Waals surface area contributed by atoms with E-state index in [4.69, 9.17) is 4.74 Å². The number of amides is 1. The average Bonchev–Trinajstić information content (AvgIpc) is 3.06. The minimum absolute atomic E-state index is 0.0514. The molecule has 1 aliphatic heterocycles. The van der Waals surface area contributed by atoms with Crippen molar-refractivity contribution >= 4 is 23.1 Å². The largest absolute Gasteiger partial charge is 0.508 e. The third kappa shape index (κ3) is 3.77. The summed E-state index contributed by atoms with van der Waals surface area (Å²) < 4.78 is 33.1. The van der Waals surface area contributed by atoms with E-state index < -0.39 is 35.1 Å². The lowest BCUT2D eigenvalue weighted by Crippen LogP contribution is -2.29. The highest BCUT2D eigenvalue weighted by molar-refractivity contribution is 6.51. The number of benzene rings is 3. The van der Waals surface area contributed by atoms with E-state index >= 15 is 0 Å². The van der Waals surface area contributed by atoms with Gasteiger partial charge in [-0.25, -0.2) is 8.78 Å². The third-order valence-electron chi connectivity index (χ3n) is 5.71. The maximum Gasteiger partial charge on any atom is 0.300 e. The summed E-state index contributed by atoms with van der Waals surface area (Å²) in [7, 11) is 1.42. The van der Waals surface area contributed by atoms with Gasteiger partial charge in [0.1, 0.15) is 17.3 Å². The van der Waals surface area contributed by atoms with Crippen molar-refractivity contribution in [3.05, 3.63) is 94.1 Å². The maximum absolute atomic E-state index is 14.0. The number of ketones is 1. The molecule has 8 heteroatoms. The molecule has 1 atom stereocenters. The lowest BCUT2D eigenvalue weighted by Gasteiger charge is -2.26. The fourth-order valence-corrected chi connectivity index (χ4v) is 4.25. The van der Waals surface area contributed by atoms with Crippen molar-refractivity contribution in [2.45, 2.75) is 19.9 Å². The first-order valence-corrected chi connectivity index (χ1v) is 10.3. The SMILES string of the molecule is COc1c(C)cc(C)cc1/C(O)=C1\C(=O)C(=O)N(c2ccc(F)c(F)c2)C1c1ccc(O)cc1. The number of halogens is 2. The van der Waals surface area contributed by atoms with Crippen molar-refractivity contribution in [2.75, 3.05) is 12.0 Å². The van der Waals surface area contributed by atoms with Gasteiger partial charge in [-0.2, -0.15) is 0 Å². The third-order valence-corrected chi connectivity index (χ3v) is 5.71. The van der Waals surface area contributed by atoms with E-state index in [1.165, 1.54) is 37.4 Å². The van der Waals surface area contributed by atoms with Crippen LogP contribution in [0.4, 0.5) is 14.5 Å². The van der Waals surface area contributed by atoms with Crippen LogP contribution in [0.5, 0.6) is 11.5 Å². The normalized spacial score (nSPS) is 17.3. The van der Waals surface area contributed by atoms with Crippen LogP contribution in [-0.4, -0.2) is 29.0 Å². The molecule has 2 N–H and O–H groups in total. The van der Waals surface area contributed by atoms with Gasteiger partial charge in [-0.05, 0) is 60.9 Å². The van der Waals surface area contributed by atoms with Gasteiger partial charge < -0.3 is 14.9 Å². The fraction of sp³-hybridized carbons (Fsp3) is 0.154. The standard InChI is InChI=1S/C26H21F2NO5/c1-13-10-14(2)25(34-3)18(11-13)23(31)21-22(15-4-7-17(30)8-5-15)29(26(33)24(21)32)16-6-9-19(27)20(28)12-16/h4-12,22,30-31H,1-3H3/b23-21+. The molecule has 3 aromatic rings. The maximum atomic E-state index is 14.0. The summed E-state index contributed by atoms with van der Waals surface area (Å²) in [6.07, 6.45) is 0. The molecule has 0 spiro atoms. The summed E-state index contributed by atoms with van der Waals surface area (Å²) in [6.45, 7) is 3.58. The molecule has 1 unspecified atom stereocenters. The molecule has 34 heavy (non-hydrogen) atoms. The number of carbonyl (C=O) groups is 2. The number of anilines is 1. The Balaban J connectivity index is 2.01. The molecular formula is C26H21F2NO5. The molecule has 174 valence electrons. The Hall–Kier alpha value is -4.20. The molecule has 1 amide bonds. The number of nitrogens with zero attached hydrogens (tertiary/aromatic N) is 1. The quantitative estimate of drug-likeness (QED) is 0.324. The number of carbonyl (C=O) groups excluding carboxylic acids is 2. The molecule has 0 bridgehead atoms. The molecule has 0 radical (unpaired) electrons. The van der Waals surface area contributed by atoms with Crippen LogP contribution in [0.1, 0.15) is 28.3 Å². The lowest BCUT2D eigenvalue weighted by atomic mass is 9.93. The number of phenolic OH excluding ortho intramolecular Hbond substituents is 1. The van der Waals surface area contributed by atoms with E-state index in [2.05, 4.69) is 0 Å². The van der Waals surface area contributed by atoms with E-state index in [1.807, 2.05) is 6.07 Å². The number of methoxy groups -OCH3 is 1. The zero-order valence-electron chi connectivity index (χ0n) is 18.6. The number of hydrogen-bond donors (Lipinski definition) is 2. The molecule has 0 aromatic heterocycles. The van der Waals surface area contributed by atoms with Crippen LogP contribution < -0.4 is 9.64 Å². The molecule has 0 saturated carbocycles. The predicted octanol–water partition coefficient (Wildman–Crippen LogP) is 4.92. The molecule has 4 rings (SSSR count). The van der Waals surface area contributed by atoms with Gasteiger partial charge in [0.25, 0.3) is 11.7 Å². The van der Waals surface area contributed by atoms with Crippen molar-refractivity contribution < 1.29 is 33.3 Å². The summed E-state index contributed by atoms with van der Waals surface area (Å²) in [5, 5.41) is 21.1. The van der Waals surface area contributed by atoms with Crippen molar-refractivity contribution in [3.63, 3.8) is 0 Å². The van der Waals surface area contributed by atoms with Gasteiger partial charge in [-0.1, -0.05) is 18.2 Å². The Kier molecular flexibility index (Phi) is 5.83. The highest BCUT2D eigenvalue weighted by atomic mass is 19.2. The minimum atomic E-state index is -1.19. The van der Waals surface area contributed by atoms with Crippen molar-refractivity contribution in [2.24, 2.45) is 0 Å². The number of aryl methyl sites for hydroxylation is 2. The van der Waals surface area contributed by atoms with Gasteiger partial charge in [-0.3, -0.25) is 14.5 Å². The summed E-state index contributed by atoms with van der Waals surface area (Å²) in [6, 6.07) is 10.8. The number of aliphatic hydroxyl groups excluding tert-OH is 1. The Morgan fingerprint density at radius 2 is 1.65 bits per heavy atom. The second-order valence-electron chi connectivity index (χ2n) is 8.02. The summed E-state index contributed by atoms with van der Waals surface area (Å²) in [4.78, 5) is 27.3. The molecule has 1 saturated heterocycles. The highest BCUT2D eigenvalue weighted by Gasteiger charge is 2.47.